The summed E-state index contributed by atoms with van der Waals surface area (Å²) in [5, 5.41) is 20.6. The van der Waals surface area contributed by atoms with Gasteiger partial charge in [-0.25, -0.2) is 9.13 Å². The molecule has 0 bridgehead atoms. The number of aliphatic hydroxyl groups excluding tert-OH is 2. The Hall–Kier alpha value is -4.57. The highest BCUT2D eigenvalue weighted by Gasteiger charge is 2.29. The summed E-state index contributed by atoms with van der Waals surface area (Å²) >= 11 is 0. The zero-order valence-electron chi connectivity index (χ0n) is 63.0. The average Bonchev–Trinajstić information content (AvgIpc) is 0.947. The van der Waals surface area contributed by atoms with Crippen molar-refractivity contribution < 1.29 is 75.8 Å². The number of rotatable bonds is 73. The number of ether oxygens (including phenoxy) is 3. The van der Waals surface area contributed by atoms with Crippen molar-refractivity contribution in [1.29, 1.82) is 0 Å². The van der Waals surface area contributed by atoms with E-state index in [0.717, 1.165) is 141 Å². The molecule has 0 aliphatic heterocycles. The molecule has 101 heavy (non-hydrogen) atoms. The van der Waals surface area contributed by atoms with Gasteiger partial charge >= 0.3 is 33.6 Å². The predicted octanol–water partition coefficient (Wildman–Crippen LogP) is 22.9. The number of aliphatic hydroxyl groups is 2. The van der Waals surface area contributed by atoms with E-state index in [-0.39, 0.29) is 19.3 Å². The average molecular weight is 1460 g/mol. The second-order valence-electron chi connectivity index (χ2n) is 25.7. The lowest BCUT2D eigenvalue weighted by Gasteiger charge is -2.21. The van der Waals surface area contributed by atoms with Gasteiger partial charge in [0.05, 0.1) is 26.4 Å². The van der Waals surface area contributed by atoms with Crippen molar-refractivity contribution in [2.45, 2.75) is 322 Å². The van der Waals surface area contributed by atoms with E-state index in [9.17, 15) is 43.5 Å². The lowest BCUT2D eigenvalue weighted by atomic mass is 10.0. The molecule has 18 heteroatoms. The minimum absolute atomic E-state index is 0.0810. The van der Waals surface area contributed by atoms with E-state index >= 15 is 0 Å². The third kappa shape index (κ3) is 76.4. The van der Waals surface area contributed by atoms with Gasteiger partial charge in [0.25, 0.3) is 0 Å². The van der Waals surface area contributed by atoms with Crippen LogP contribution in [-0.2, 0) is 55.8 Å². The predicted molar refractivity (Wildman–Crippen MR) is 417 cm³/mol. The van der Waals surface area contributed by atoms with Crippen LogP contribution in [0.2, 0.25) is 0 Å². The van der Waals surface area contributed by atoms with Crippen molar-refractivity contribution in [2.24, 2.45) is 0 Å². The van der Waals surface area contributed by atoms with Crippen LogP contribution in [0.4, 0.5) is 0 Å². The number of unbranched alkanes of at least 4 members (excludes halogenated alkanes) is 26. The molecule has 16 nitrogen and oxygen atoms in total. The smallest absolute Gasteiger partial charge is 0.463 e. The van der Waals surface area contributed by atoms with E-state index in [1.165, 1.54) is 103 Å². The normalized spacial score (nSPS) is 14.8. The Morgan fingerprint density at radius 1 is 0.287 bits per heavy atom. The monoisotopic (exact) mass is 1450 g/mol. The topological polar surface area (TPSA) is 231 Å². The number of phosphoric acid groups is 2. The lowest BCUT2D eigenvalue weighted by Crippen LogP contribution is -2.30. The first-order chi connectivity index (χ1) is 49.2. The highest BCUT2D eigenvalue weighted by molar-refractivity contribution is 7.47. The van der Waals surface area contributed by atoms with Gasteiger partial charge in [0, 0.05) is 19.3 Å². The van der Waals surface area contributed by atoms with E-state index in [1.807, 2.05) is 0 Å². The summed E-state index contributed by atoms with van der Waals surface area (Å²) < 4.78 is 60.9. The van der Waals surface area contributed by atoms with Crippen molar-refractivity contribution in [3.63, 3.8) is 0 Å². The first-order valence-corrected chi connectivity index (χ1v) is 42.1. The van der Waals surface area contributed by atoms with Crippen molar-refractivity contribution in [3.05, 3.63) is 146 Å². The molecule has 0 fully saturated rings. The van der Waals surface area contributed by atoms with Crippen LogP contribution in [0, 0.1) is 0 Å². The van der Waals surface area contributed by atoms with Crippen molar-refractivity contribution in [1.82, 2.24) is 0 Å². The van der Waals surface area contributed by atoms with E-state index in [0.29, 0.717) is 19.3 Å². The number of esters is 3. The van der Waals surface area contributed by atoms with Crippen LogP contribution < -0.4 is 0 Å². The second-order valence-corrected chi connectivity index (χ2v) is 28.7. The molecule has 0 aliphatic rings. The molecule has 0 aromatic heterocycles. The molecule has 5 unspecified atom stereocenters. The van der Waals surface area contributed by atoms with Gasteiger partial charge in [-0.15, -0.1) is 0 Å². The minimum Gasteiger partial charge on any atom is -0.463 e. The Kier molecular flexibility index (Phi) is 71.7. The van der Waals surface area contributed by atoms with Crippen LogP contribution in [0.15, 0.2) is 146 Å². The Bertz CT molecular complexity index is 2420. The number of hydrogen-bond donors (Lipinski definition) is 4. The van der Waals surface area contributed by atoms with E-state index in [2.05, 4.69) is 167 Å². The quantitative estimate of drug-likeness (QED) is 0.0146. The highest BCUT2D eigenvalue weighted by atomic mass is 31.2. The minimum atomic E-state index is -4.94. The molecule has 0 spiro atoms. The van der Waals surface area contributed by atoms with Crippen molar-refractivity contribution >= 4 is 33.6 Å². The fraction of sp³-hybridized carbons (Fsp3) is 0.675. The molecular weight excluding hydrogens is 1310 g/mol. The maximum Gasteiger partial charge on any atom is 0.472 e. The first kappa shape index (κ1) is 96.4. The summed E-state index contributed by atoms with van der Waals surface area (Å²) in [6, 6.07) is 0. The molecule has 0 amide bonds. The SMILES string of the molecule is CC/C=C\C/C=C\C/C=C\C/C=C\C/C=C\C/C=C\CCCCC(=O)OCC(COP(=O)(O)OCC(O)COP(=O)(O)OCC(O)COC(=O)CCCCCCCCCCCCCCCCCCC/C=C\C/C=C\C/C=C\C/C=C\C/C=C\CC)OC(=O)CCCCCCC/C=C\CCCC. The van der Waals surface area contributed by atoms with Gasteiger partial charge in [-0.3, -0.25) is 32.5 Å². The zero-order chi connectivity index (χ0) is 73.7. The number of allylic oxidation sites excluding steroid dienone is 24. The van der Waals surface area contributed by atoms with Gasteiger partial charge in [0.2, 0.25) is 0 Å². The largest absolute Gasteiger partial charge is 0.472 e. The van der Waals surface area contributed by atoms with Crippen LogP contribution >= 0.6 is 15.6 Å². The maximum absolute atomic E-state index is 12.9. The van der Waals surface area contributed by atoms with Crippen LogP contribution in [0.5, 0.6) is 0 Å². The Balaban J connectivity index is 4.41. The fourth-order valence-electron chi connectivity index (χ4n) is 10.1. The van der Waals surface area contributed by atoms with Gasteiger partial charge in [0.15, 0.2) is 6.10 Å². The van der Waals surface area contributed by atoms with Gasteiger partial charge in [-0.2, -0.15) is 0 Å². The zero-order valence-corrected chi connectivity index (χ0v) is 64.8. The Morgan fingerprint density at radius 3 is 0.861 bits per heavy atom. The molecule has 0 aromatic rings. The number of carbonyl (C=O) groups is 3. The number of phosphoric ester groups is 2. The van der Waals surface area contributed by atoms with Crippen molar-refractivity contribution in [2.75, 3.05) is 39.6 Å². The Labute approximate surface area is 613 Å². The third-order valence-corrected chi connectivity index (χ3v) is 17.9. The highest BCUT2D eigenvalue weighted by Crippen LogP contribution is 2.45. The summed E-state index contributed by atoms with van der Waals surface area (Å²) in [7, 11) is -9.80. The molecule has 578 valence electrons. The summed E-state index contributed by atoms with van der Waals surface area (Å²) in [6.07, 6.45) is 92.2. The molecule has 5 atom stereocenters. The lowest BCUT2D eigenvalue weighted by molar-refractivity contribution is -0.161. The van der Waals surface area contributed by atoms with Crippen LogP contribution in [0.25, 0.3) is 0 Å². The van der Waals surface area contributed by atoms with Gasteiger partial charge in [-0.1, -0.05) is 295 Å². The van der Waals surface area contributed by atoms with Gasteiger partial charge in [-0.05, 0) is 135 Å². The third-order valence-electron chi connectivity index (χ3n) is 16.0. The molecule has 0 heterocycles. The van der Waals surface area contributed by atoms with Gasteiger partial charge in [0.1, 0.15) is 25.4 Å². The summed E-state index contributed by atoms with van der Waals surface area (Å²) in [4.78, 5) is 58.5. The molecule has 0 saturated carbocycles. The molecule has 0 saturated heterocycles. The van der Waals surface area contributed by atoms with Crippen LogP contribution in [0.1, 0.15) is 303 Å². The number of hydrogen-bond acceptors (Lipinski definition) is 14. The number of carbonyl (C=O) groups excluding carboxylic acids is 3. The van der Waals surface area contributed by atoms with E-state index in [1.54, 1.807) is 0 Å². The van der Waals surface area contributed by atoms with Gasteiger partial charge < -0.3 is 34.2 Å². The molecule has 0 rings (SSSR count). The second kappa shape index (κ2) is 75.1. The standard InChI is InChI=1S/C83H140O16P2/c1-4-7-10-13-16-19-22-24-26-28-30-32-33-34-35-36-37-38-39-40-41-42-43-45-47-48-50-52-55-57-60-63-66-69-81(86)93-72-78(84)73-95-100(89,90)96-74-79(85)75-97-101(91,92)98-77-80(99-83(88)71-68-65-62-59-54-21-18-15-12-9-6-3)76-94-82(87)70-67-64-61-58-56-53-51-49-46-44-31-29-27-25-23-20-17-14-11-8-5-2/h7-8,10-11,15-20,24-27,30-32,34-35,44,49,51,56,58,78-80,84-85H,4-6,9,12-14,21-23,28-29,33,36-43,45-48,50,52-55,57,59-77H2,1-3H3,(H,89,90)(H,91,92)/b10-7-,11-8-,18-15-,19-16-,20-17-,26-24-,27-25-,32-30-,35-34-,44-31-,51-49-,58-56-. The summed E-state index contributed by atoms with van der Waals surface area (Å²) in [6.45, 7) is 2.34. The molecule has 0 aromatic carbocycles. The fourth-order valence-corrected chi connectivity index (χ4v) is 11.7. The molecule has 0 radical (unpaired) electrons. The van der Waals surface area contributed by atoms with Crippen LogP contribution in [-0.4, -0.2) is 95.9 Å². The summed E-state index contributed by atoms with van der Waals surface area (Å²) in [5.74, 6) is -1.64. The van der Waals surface area contributed by atoms with E-state index in [4.69, 9.17) is 32.3 Å². The first-order valence-electron chi connectivity index (χ1n) is 39.1. The molecule has 0 aliphatic carbocycles. The molecule has 4 N–H and O–H groups in total. The van der Waals surface area contributed by atoms with Crippen LogP contribution in [0.3, 0.4) is 0 Å². The van der Waals surface area contributed by atoms with Crippen molar-refractivity contribution in [3.8, 4) is 0 Å². The Morgan fingerprint density at radius 2 is 0.525 bits per heavy atom. The summed E-state index contributed by atoms with van der Waals surface area (Å²) in [5.41, 5.74) is 0. The van der Waals surface area contributed by atoms with E-state index < -0.39 is 91.5 Å². The maximum atomic E-state index is 12.9. The molecular formula is C83H140O16P2.